The van der Waals surface area contributed by atoms with Crippen molar-refractivity contribution in [2.45, 2.75) is 24.9 Å². The summed E-state index contributed by atoms with van der Waals surface area (Å²) in [5.41, 5.74) is 0.514. The highest BCUT2D eigenvalue weighted by atomic mass is 35.5. The van der Waals surface area contributed by atoms with Crippen LogP contribution in [0.3, 0.4) is 0 Å². The van der Waals surface area contributed by atoms with Gasteiger partial charge in [-0.25, -0.2) is 4.98 Å². The minimum Gasteiger partial charge on any atom is -0.465 e. The maximum absolute atomic E-state index is 11.9. The number of hydrogen-bond donors (Lipinski definition) is 3. The first-order valence-corrected chi connectivity index (χ1v) is 10.7. The van der Waals surface area contributed by atoms with Crippen molar-refractivity contribution >= 4 is 69.7 Å². The highest BCUT2D eigenvalue weighted by Gasteiger charge is 2.40. The van der Waals surface area contributed by atoms with Gasteiger partial charge in [-0.2, -0.15) is 0 Å². The van der Waals surface area contributed by atoms with Crippen molar-refractivity contribution in [3.63, 3.8) is 0 Å². The van der Waals surface area contributed by atoms with Gasteiger partial charge >= 0.3 is 5.97 Å². The molecule has 0 spiro atoms. The van der Waals surface area contributed by atoms with E-state index in [1.54, 1.807) is 5.38 Å². The van der Waals surface area contributed by atoms with E-state index in [1.165, 1.54) is 30.0 Å². The molecule has 14 heteroatoms. The molecule has 0 radical (unpaired) electrons. The number of hydrogen-bond acceptors (Lipinski definition) is 10. The Labute approximate surface area is 178 Å². The minimum absolute atomic E-state index is 0.00440. The van der Waals surface area contributed by atoms with Gasteiger partial charge in [0, 0.05) is 18.1 Å². The number of oxime groups is 1. The Bertz CT molecular complexity index is 789. The highest BCUT2D eigenvalue weighted by molar-refractivity contribution is 8.00. The summed E-state index contributed by atoms with van der Waals surface area (Å²) < 4.78 is 4.80. The predicted molar refractivity (Wildman–Crippen MR) is 108 cm³/mol. The summed E-state index contributed by atoms with van der Waals surface area (Å²) in [4.78, 5) is 54.4. The Morgan fingerprint density at radius 2 is 2.28 bits per heavy atom. The van der Waals surface area contributed by atoms with Crippen molar-refractivity contribution < 1.29 is 28.8 Å². The maximum Gasteiger partial charge on any atom is 0.302 e. The summed E-state index contributed by atoms with van der Waals surface area (Å²) in [6.07, 6.45) is 0.911. The normalized spacial score (nSPS) is 17.9. The van der Waals surface area contributed by atoms with Crippen LogP contribution in [-0.4, -0.2) is 64.5 Å². The number of aromatic nitrogens is 1. The van der Waals surface area contributed by atoms with E-state index >= 15 is 0 Å². The Hall–Kier alpha value is -2.38. The molecule has 29 heavy (non-hydrogen) atoms. The van der Waals surface area contributed by atoms with Crippen molar-refractivity contribution in [1.29, 1.82) is 0 Å². The number of carbonyl (C=O) groups is 4. The number of nitrogens with zero attached hydrogens (tertiary/aromatic N) is 2. The molecule has 3 N–H and O–H groups in total. The van der Waals surface area contributed by atoms with Crippen LogP contribution < -0.4 is 16.0 Å². The molecule has 0 aliphatic carbocycles. The van der Waals surface area contributed by atoms with Gasteiger partial charge in [0.1, 0.15) is 30.1 Å². The van der Waals surface area contributed by atoms with Crippen LogP contribution in [0.25, 0.3) is 0 Å². The zero-order valence-corrected chi connectivity index (χ0v) is 17.6. The van der Waals surface area contributed by atoms with Crippen LogP contribution in [0.1, 0.15) is 12.6 Å². The molecule has 0 saturated carbocycles. The number of halogens is 1. The maximum atomic E-state index is 11.9. The monoisotopic (exact) mass is 463 g/mol. The van der Waals surface area contributed by atoms with E-state index in [1.807, 2.05) is 0 Å². The van der Waals surface area contributed by atoms with Crippen molar-refractivity contribution in [2.24, 2.45) is 5.16 Å². The van der Waals surface area contributed by atoms with E-state index in [0.29, 0.717) is 16.6 Å². The SMILES string of the molecule is CC(=O)OCCS[C@@H]1NC(=O)[C@H]1NC(=O)C=NOCc1csc(NC(=O)CCl)n1. The lowest BCUT2D eigenvalue weighted by Crippen LogP contribution is -2.68. The van der Waals surface area contributed by atoms with Gasteiger partial charge in [-0.05, 0) is 0 Å². The molecular formula is C15H18ClN5O6S2. The lowest BCUT2D eigenvalue weighted by Gasteiger charge is -2.36. The van der Waals surface area contributed by atoms with Crippen molar-refractivity contribution in [2.75, 3.05) is 23.6 Å². The third kappa shape index (κ3) is 7.87. The number of esters is 1. The average Bonchev–Trinajstić information content (AvgIpc) is 3.12. The van der Waals surface area contributed by atoms with Crippen LogP contribution in [0.15, 0.2) is 10.5 Å². The molecule has 1 fully saturated rings. The summed E-state index contributed by atoms with van der Waals surface area (Å²) >= 11 is 7.94. The Morgan fingerprint density at radius 1 is 1.48 bits per heavy atom. The summed E-state index contributed by atoms with van der Waals surface area (Å²) in [5.74, 6) is -1.34. The van der Waals surface area contributed by atoms with Gasteiger partial charge in [0.15, 0.2) is 11.7 Å². The van der Waals surface area contributed by atoms with Gasteiger partial charge in [0.2, 0.25) is 11.8 Å². The molecule has 1 aromatic heterocycles. The summed E-state index contributed by atoms with van der Waals surface area (Å²) in [7, 11) is 0. The van der Waals surface area contributed by atoms with Crippen LogP contribution in [0.4, 0.5) is 5.13 Å². The molecule has 0 aromatic carbocycles. The zero-order chi connectivity index (χ0) is 21.2. The molecule has 2 rings (SSSR count). The molecule has 0 unspecified atom stereocenters. The fourth-order valence-electron chi connectivity index (χ4n) is 1.96. The van der Waals surface area contributed by atoms with Gasteiger partial charge in [-0.3, -0.25) is 19.2 Å². The molecular weight excluding hydrogens is 446 g/mol. The number of β-lactam (4-membered cyclic amide) rings is 1. The van der Waals surface area contributed by atoms with Crippen molar-refractivity contribution in [3.8, 4) is 0 Å². The predicted octanol–water partition coefficient (Wildman–Crippen LogP) is 0.0598. The Balaban J connectivity index is 1.67. The zero-order valence-electron chi connectivity index (χ0n) is 15.2. The average molecular weight is 464 g/mol. The number of rotatable bonds is 11. The lowest BCUT2D eigenvalue weighted by molar-refractivity contribution is -0.140. The smallest absolute Gasteiger partial charge is 0.302 e. The van der Waals surface area contributed by atoms with E-state index in [0.717, 1.165) is 6.21 Å². The van der Waals surface area contributed by atoms with Gasteiger partial charge in [-0.15, -0.1) is 34.7 Å². The fraction of sp³-hybridized carbons (Fsp3) is 0.467. The molecule has 11 nitrogen and oxygen atoms in total. The number of anilines is 1. The number of carbonyl (C=O) groups excluding carboxylic acids is 4. The van der Waals surface area contributed by atoms with Gasteiger partial charge < -0.3 is 25.5 Å². The van der Waals surface area contributed by atoms with Crippen LogP contribution in [0.5, 0.6) is 0 Å². The second-order valence-electron chi connectivity index (χ2n) is 5.46. The fourth-order valence-corrected chi connectivity index (χ4v) is 3.75. The number of thiazole rings is 1. The van der Waals surface area contributed by atoms with Crippen molar-refractivity contribution in [1.82, 2.24) is 15.6 Å². The second kappa shape index (κ2) is 11.6. The molecule has 2 heterocycles. The van der Waals surface area contributed by atoms with E-state index < -0.39 is 11.9 Å². The third-order valence-electron chi connectivity index (χ3n) is 3.23. The quantitative estimate of drug-likeness (QED) is 0.104. The molecule has 0 bridgehead atoms. The first kappa shape index (κ1) is 22.9. The third-order valence-corrected chi connectivity index (χ3v) is 5.43. The summed E-state index contributed by atoms with van der Waals surface area (Å²) in [5, 5.41) is 12.9. The Morgan fingerprint density at radius 3 is 2.97 bits per heavy atom. The van der Waals surface area contributed by atoms with E-state index in [2.05, 4.69) is 26.1 Å². The molecule has 1 aliphatic rings. The molecule has 1 aliphatic heterocycles. The Kier molecular flexibility index (Phi) is 9.15. The molecule has 158 valence electrons. The lowest BCUT2D eigenvalue weighted by atomic mass is 10.1. The highest BCUT2D eigenvalue weighted by Crippen LogP contribution is 2.19. The first-order chi connectivity index (χ1) is 13.9. The molecule has 1 saturated heterocycles. The van der Waals surface area contributed by atoms with Crippen LogP contribution in [-0.2, 0) is 35.4 Å². The summed E-state index contributed by atoms with van der Waals surface area (Å²) in [6, 6.07) is -0.706. The van der Waals surface area contributed by atoms with Crippen LogP contribution >= 0.6 is 34.7 Å². The minimum atomic E-state index is -0.706. The number of alkyl halides is 1. The van der Waals surface area contributed by atoms with Crippen LogP contribution in [0, 0.1) is 0 Å². The number of thioether (sulfide) groups is 1. The molecule has 3 amide bonds. The first-order valence-electron chi connectivity index (χ1n) is 8.20. The van der Waals surface area contributed by atoms with Crippen molar-refractivity contribution in [3.05, 3.63) is 11.1 Å². The number of ether oxygens (including phenoxy) is 1. The van der Waals surface area contributed by atoms with Gasteiger partial charge in [0.25, 0.3) is 5.91 Å². The second-order valence-corrected chi connectivity index (χ2v) is 7.83. The molecule has 1 aromatic rings. The molecule has 2 atom stereocenters. The van der Waals surface area contributed by atoms with Gasteiger partial charge in [-0.1, -0.05) is 5.16 Å². The van der Waals surface area contributed by atoms with E-state index in [-0.39, 0.29) is 42.3 Å². The largest absolute Gasteiger partial charge is 0.465 e. The van der Waals surface area contributed by atoms with Crippen LogP contribution in [0.2, 0.25) is 0 Å². The van der Waals surface area contributed by atoms with Gasteiger partial charge in [0.05, 0.1) is 5.69 Å². The van der Waals surface area contributed by atoms with E-state index in [4.69, 9.17) is 21.2 Å². The summed E-state index contributed by atoms with van der Waals surface area (Å²) in [6.45, 7) is 1.53. The standard InChI is InChI=1S/C15H18ClN5O6S2/c1-8(22)26-2-3-28-14-12(13(25)21-14)19-11(24)5-17-27-6-9-7-29-15(18-9)20-10(23)4-16/h5,7,12,14H,2-4,6H2,1H3,(H,19,24)(H,21,25)(H,18,20,23)/t12-,14+/m1/s1. The number of amides is 3. The topological polar surface area (TPSA) is 148 Å². The van der Waals surface area contributed by atoms with E-state index in [9.17, 15) is 19.2 Å². The number of nitrogens with one attached hydrogen (secondary N) is 3.